The number of fused-ring (bicyclic) bond motifs is 1. The SMILES string of the molecule is NC(=O)[C@H](NS(=O)(=O)c1cccc2nsnc12)c1ccccc1. The van der Waals surface area contributed by atoms with Crippen LogP contribution in [-0.4, -0.2) is 23.1 Å². The molecule has 0 spiro atoms. The van der Waals surface area contributed by atoms with Gasteiger partial charge >= 0.3 is 0 Å². The van der Waals surface area contributed by atoms with Crippen molar-refractivity contribution in [3.8, 4) is 0 Å². The number of carbonyl (C=O) groups is 1. The number of hydrogen-bond acceptors (Lipinski definition) is 6. The monoisotopic (exact) mass is 348 g/mol. The van der Waals surface area contributed by atoms with E-state index in [4.69, 9.17) is 5.73 Å². The van der Waals surface area contributed by atoms with E-state index in [1.807, 2.05) is 0 Å². The Morgan fingerprint density at radius 1 is 1.09 bits per heavy atom. The highest BCUT2D eigenvalue weighted by molar-refractivity contribution is 7.89. The van der Waals surface area contributed by atoms with E-state index in [2.05, 4.69) is 13.5 Å². The molecule has 0 aliphatic rings. The van der Waals surface area contributed by atoms with Crippen LogP contribution in [0.15, 0.2) is 53.4 Å². The summed E-state index contributed by atoms with van der Waals surface area (Å²) >= 11 is 0.921. The van der Waals surface area contributed by atoms with E-state index < -0.39 is 22.0 Å². The quantitative estimate of drug-likeness (QED) is 0.719. The van der Waals surface area contributed by atoms with E-state index in [9.17, 15) is 13.2 Å². The first kappa shape index (κ1) is 15.5. The molecule has 3 aromatic rings. The molecule has 0 fully saturated rings. The van der Waals surface area contributed by atoms with Gasteiger partial charge in [-0.05, 0) is 17.7 Å². The lowest BCUT2D eigenvalue weighted by molar-refractivity contribution is -0.119. The molecule has 1 heterocycles. The van der Waals surface area contributed by atoms with Gasteiger partial charge in [0.2, 0.25) is 15.9 Å². The number of sulfonamides is 1. The average molecular weight is 348 g/mol. The zero-order valence-electron chi connectivity index (χ0n) is 11.7. The van der Waals surface area contributed by atoms with E-state index in [0.717, 1.165) is 11.7 Å². The summed E-state index contributed by atoms with van der Waals surface area (Å²) in [5.74, 6) is -0.789. The number of nitrogens with two attached hydrogens (primary N) is 1. The fourth-order valence-corrected chi connectivity index (χ4v) is 4.11. The first-order chi connectivity index (χ1) is 11.0. The van der Waals surface area contributed by atoms with E-state index in [1.165, 1.54) is 6.07 Å². The smallest absolute Gasteiger partial charge is 0.243 e. The number of nitrogens with zero attached hydrogens (tertiary/aromatic N) is 2. The van der Waals surface area contributed by atoms with E-state index in [1.54, 1.807) is 42.5 Å². The molecule has 0 aliphatic heterocycles. The minimum Gasteiger partial charge on any atom is -0.368 e. The van der Waals surface area contributed by atoms with Gasteiger partial charge < -0.3 is 5.73 Å². The average Bonchev–Trinajstić information content (AvgIpc) is 3.01. The minimum absolute atomic E-state index is 0.0362. The van der Waals surface area contributed by atoms with Crippen molar-refractivity contribution >= 4 is 38.7 Å². The highest BCUT2D eigenvalue weighted by Crippen LogP contribution is 2.23. The number of hydrogen-bond donors (Lipinski definition) is 2. The first-order valence-corrected chi connectivity index (χ1v) is 8.78. The van der Waals surface area contributed by atoms with E-state index >= 15 is 0 Å². The summed E-state index contributed by atoms with van der Waals surface area (Å²) in [6, 6.07) is 11.9. The molecule has 23 heavy (non-hydrogen) atoms. The topological polar surface area (TPSA) is 115 Å². The van der Waals surface area contributed by atoms with Crippen molar-refractivity contribution in [2.75, 3.05) is 0 Å². The van der Waals surface area contributed by atoms with E-state index in [0.29, 0.717) is 11.1 Å². The highest BCUT2D eigenvalue weighted by Gasteiger charge is 2.27. The van der Waals surface area contributed by atoms with Gasteiger partial charge in [-0.2, -0.15) is 13.5 Å². The molecule has 3 rings (SSSR count). The van der Waals surface area contributed by atoms with Gasteiger partial charge in [-0.15, -0.1) is 0 Å². The van der Waals surface area contributed by atoms with Crippen molar-refractivity contribution in [2.24, 2.45) is 5.73 Å². The summed E-state index contributed by atoms with van der Waals surface area (Å²) in [6.45, 7) is 0. The first-order valence-electron chi connectivity index (χ1n) is 6.57. The van der Waals surface area contributed by atoms with Crippen LogP contribution in [0.25, 0.3) is 11.0 Å². The summed E-state index contributed by atoms with van der Waals surface area (Å²) in [5, 5.41) is 0. The number of aromatic nitrogens is 2. The van der Waals surface area contributed by atoms with Gasteiger partial charge in [0.05, 0.1) is 11.7 Å². The summed E-state index contributed by atoms with van der Waals surface area (Å²) in [5.41, 5.74) is 6.56. The Morgan fingerprint density at radius 2 is 1.83 bits per heavy atom. The Labute approximate surface area is 136 Å². The molecule has 7 nitrogen and oxygen atoms in total. The Kier molecular flexibility index (Phi) is 4.07. The Hall–Kier alpha value is -2.36. The number of nitrogens with one attached hydrogen (secondary N) is 1. The Balaban J connectivity index is 2.03. The van der Waals surface area contributed by atoms with Crippen molar-refractivity contribution in [3.63, 3.8) is 0 Å². The minimum atomic E-state index is -4.00. The molecule has 1 aromatic heterocycles. The van der Waals surface area contributed by atoms with Gasteiger partial charge in [0, 0.05) is 0 Å². The lowest BCUT2D eigenvalue weighted by Crippen LogP contribution is -2.37. The number of rotatable bonds is 5. The van der Waals surface area contributed by atoms with Crippen molar-refractivity contribution in [2.45, 2.75) is 10.9 Å². The predicted octanol–water partition coefficient (Wildman–Crippen LogP) is 1.20. The van der Waals surface area contributed by atoms with Gasteiger partial charge in [-0.3, -0.25) is 4.79 Å². The molecule has 1 amide bonds. The molecule has 2 aromatic carbocycles. The van der Waals surface area contributed by atoms with Gasteiger partial charge in [-0.25, -0.2) is 8.42 Å². The van der Waals surface area contributed by atoms with Gasteiger partial charge in [-0.1, -0.05) is 36.4 Å². The lowest BCUT2D eigenvalue weighted by atomic mass is 10.1. The van der Waals surface area contributed by atoms with Crippen molar-refractivity contribution in [1.82, 2.24) is 13.5 Å². The Morgan fingerprint density at radius 3 is 2.52 bits per heavy atom. The number of amides is 1. The highest BCUT2D eigenvalue weighted by atomic mass is 32.2. The van der Waals surface area contributed by atoms with Crippen LogP contribution in [0.1, 0.15) is 11.6 Å². The van der Waals surface area contributed by atoms with Gasteiger partial charge in [0.15, 0.2) is 0 Å². The largest absolute Gasteiger partial charge is 0.368 e. The normalized spacial score (nSPS) is 13.0. The molecule has 3 N–H and O–H groups in total. The third-order valence-electron chi connectivity index (χ3n) is 3.23. The number of carbonyl (C=O) groups excluding carboxylic acids is 1. The fraction of sp³-hybridized carbons (Fsp3) is 0.0714. The molecule has 1 atom stereocenters. The van der Waals surface area contributed by atoms with E-state index in [-0.39, 0.29) is 10.4 Å². The number of benzene rings is 2. The second-order valence-corrected chi connectivity index (χ2v) is 6.97. The van der Waals surface area contributed by atoms with Crippen molar-refractivity contribution < 1.29 is 13.2 Å². The second kappa shape index (κ2) is 6.03. The zero-order chi connectivity index (χ0) is 16.4. The van der Waals surface area contributed by atoms with Gasteiger partial charge in [0.25, 0.3) is 0 Å². The molecule has 118 valence electrons. The molecule has 0 unspecified atom stereocenters. The third kappa shape index (κ3) is 3.07. The summed E-state index contributed by atoms with van der Waals surface area (Å²) in [4.78, 5) is 11.7. The third-order valence-corrected chi connectivity index (χ3v) is 5.23. The van der Waals surface area contributed by atoms with Crippen LogP contribution in [0, 0.1) is 0 Å². The van der Waals surface area contributed by atoms with Crippen molar-refractivity contribution in [1.29, 1.82) is 0 Å². The molecule has 0 bridgehead atoms. The maximum atomic E-state index is 12.7. The Bertz CT molecular complexity index is 954. The second-order valence-electron chi connectivity index (χ2n) is 4.76. The molecule has 0 radical (unpaired) electrons. The van der Waals surface area contributed by atoms with Crippen LogP contribution in [0.3, 0.4) is 0 Å². The molecule has 0 aliphatic carbocycles. The molecule has 9 heteroatoms. The van der Waals surface area contributed by atoms with Crippen LogP contribution >= 0.6 is 11.7 Å². The maximum absolute atomic E-state index is 12.7. The summed E-state index contributed by atoms with van der Waals surface area (Å²) < 4.78 is 35.7. The summed E-state index contributed by atoms with van der Waals surface area (Å²) in [6.07, 6.45) is 0. The lowest BCUT2D eigenvalue weighted by Gasteiger charge is -2.16. The fourth-order valence-electron chi connectivity index (χ4n) is 2.15. The number of primary amides is 1. The van der Waals surface area contributed by atoms with Gasteiger partial charge in [0.1, 0.15) is 22.0 Å². The van der Waals surface area contributed by atoms with Crippen LogP contribution in [0.5, 0.6) is 0 Å². The maximum Gasteiger partial charge on any atom is 0.243 e. The van der Waals surface area contributed by atoms with Crippen LogP contribution in [0.4, 0.5) is 0 Å². The van der Waals surface area contributed by atoms with Crippen LogP contribution < -0.4 is 10.5 Å². The summed E-state index contributed by atoms with van der Waals surface area (Å²) in [7, 11) is -4.00. The van der Waals surface area contributed by atoms with Crippen LogP contribution in [0.2, 0.25) is 0 Å². The van der Waals surface area contributed by atoms with Crippen molar-refractivity contribution in [3.05, 3.63) is 54.1 Å². The zero-order valence-corrected chi connectivity index (χ0v) is 13.3. The molecular formula is C14H12N4O3S2. The standard InChI is InChI=1S/C14H12N4O3S2/c15-14(19)12(9-5-2-1-3-6-9)18-23(20,21)11-8-4-7-10-13(11)17-22-16-10/h1-8,12,18H,(H2,15,19)/t12-/m1/s1. The molecular weight excluding hydrogens is 336 g/mol. The molecule has 0 saturated heterocycles. The van der Waals surface area contributed by atoms with Crippen LogP contribution in [-0.2, 0) is 14.8 Å². The predicted molar refractivity (Wildman–Crippen MR) is 86.1 cm³/mol. The molecule has 0 saturated carbocycles.